The fraction of sp³-hybridized carbons (Fsp3) is 0.615. The number of aromatic hydroxyl groups is 1. The number of phenols is 1. The van der Waals surface area contributed by atoms with Crippen molar-refractivity contribution in [2.75, 3.05) is 31.7 Å². The number of carbonyl (C=O) groups excluding carboxylic acids is 4. The van der Waals surface area contributed by atoms with E-state index in [-0.39, 0.29) is 31.9 Å². The smallest absolute Gasteiger partial charge is 0.408 e. The van der Waals surface area contributed by atoms with Crippen LogP contribution in [-0.2, 0) is 23.9 Å². The second-order valence-corrected chi connectivity index (χ2v) is 10.4. The Balaban J connectivity index is 3.30. The van der Waals surface area contributed by atoms with E-state index in [1.165, 1.54) is 22.7 Å². The van der Waals surface area contributed by atoms with Gasteiger partial charge in [-0.1, -0.05) is 6.07 Å². The zero-order valence-electron chi connectivity index (χ0n) is 22.9. The van der Waals surface area contributed by atoms with Gasteiger partial charge < -0.3 is 30.1 Å². The number of carbonyl (C=O) groups is 4. The molecule has 2 unspecified atom stereocenters. The molecule has 0 bridgehead atoms. The van der Waals surface area contributed by atoms with Crippen LogP contribution in [0.4, 0.5) is 4.79 Å². The lowest BCUT2D eigenvalue weighted by Crippen LogP contribution is -2.53. The molecule has 37 heavy (non-hydrogen) atoms. The standard InChI is InChI=1S/C26H41N3O7S/c1-8-29(24(33)19(13-15-37-7)28-25(34)36-26(4,5)6)22(18-10-11-20(30)17(3)16-18)23(32)27-14-12-21(31)35-9-2/h10-11,16,19,22,30H,8-9,12-15H2,1-7H3,(H,27,32)(H,28,34). The molecule has 1 aromatic carbocycles. The van der Waals surface area contributed by atoms with E-state index in [1.807, 2.05) is 6.26 Å². The molecule has 2 atom stereocenters. The van der Waals surface area contributed by atoms with E-state index >= 15 is 0 Å². The maximum absolute atomic E-state index is 13.8. The van der Waals surface area contributed by atoms with Gasteiger partial charge in [0.15, 0.2) is 0 Å². The van der Waals surface area contributed by atoms with E-state index in [4.69, 9.17) is 9.47 Å². The number of amides is 3. The summed E-state index contributed by atoms with van der Waals surface area (Å²) in [6.45, 7) is 10.8. The van der Waals surface area contributed by atoms with Crippen molar-refractivity contribution >= 4 is 35.6 Å². The summed E-state index contributed by atoms with van der Waals surface area (Å²) < 4.78 is 10.3. The van der Waals surface area contributed by atoms with E-state index in [2.05, 4.69) is 10.6 Å². The summed E-state index contributed by atoms with van der Waals surface area (Å²) in [7, 11) is 0. The molecule has 0 radical (unpaired) electrons. The van der Waals surface area contributed by atoms with E-state index in [9.17, 15) is 24.3 Å². The Labute approximate surface area is 223 Å². The molecule has 11 heteroatoms. The summed E-state index contributed by atoms with van der Waals surface area (Å²) in [5.41, 5.74) is 0.281. The van der Waals surface area contributed by atoms with Crippen molar-refractivity contribution in [3.63, 3.8) is 0 Å². The summed E-state index contributed by atoms with van der Waals surface area (Å²) in [6.07, 6.45) is 1.49. The Morgan fingerprint density at radius 2 is 1.84 bits per heavy atom. The lowest BCUT2D eigenvalue weighted by Gasteiger charge is -2.34. The van der Waals surface area contributed by atoms with Crippen LogP contribution in [0.5, 0.6) is 5.75 Å². The van der Waals surface area contributed by atoms with Crippen molar-refractivity contribution in [1.29, 1.82) is 0 Å². The molecule has 0 aliphatic heterocycles. The maximum Gasteiger partial charge on any atom is 0.408 e. The average molecular weight is 540 g/mol. The van der Waals surface area contributed by atoms with Crippen LogP contribution in [-0.4, -0.2) is 77.2 Å². The van der Waals surface area contributed by atoms with Gasteiger partial charge >= 0.3 is 12.1 Å². The monoisotopic (exact) mass is 539 g/mol. The molecule has 0 heterocycles. The van der Waals surface area contributed by atoms with Gasteiger partial charge in [-0.25, -0.2) is 4.79 Å². The molecular formula is C26H41N3O7S. The molecule has 1 aromatic rings. The van der Waals surface area contributed by atoms with Crippen LogP contribution in [0.3, 0.4) is 0 Å². The minimum Gasteiger partial charge on any atom is -0.508 e. The van der Waals surface area contributed by atoms with Crippen LogP contribution in [0.25, 0.3) is 0 Å². The Morgan fingerprint density at radius 3 is 2.38 bits per heavy atom. The lowest BCUT2D eigenvalue weighted by atomic mass is 10.00. The zero-order chi connectivity index (χ0) is 28.2. The van der Waals surface area contributed by atoms with Crippen LogP contribution in [0.2, 0.25) is 0 Å². The third-order valence-corrected chi connectivity index (χ3v) is 5.90. The largest absolute Gasteiger partial charge is 0.508 e. The minimum absolute atomic E-state index is 0.0163. The number of nitrogens with zero attached hydrogens (tertiary/aromatic N) is 1. The number of nitrogens with one attached hydrogen (secondary N) is 2. The second kappa shape index (κ2) is 15.3. The topological polar surface area (TPSA) is 134 Å². The predicted octanol–water partition coefficient (Wildman–Crippen LogP) is 3.31. The van der Waals surface area contributed by atoms with Gasteiger partial charge in [0, 0.05) is 13.1 Å². The molecule has 0 spiro atoms. The Hall–Kier alpha value is -2.95. The van der Waals surface area contributed by atoms with Crippen LogP contribution in [0.1, 0.15) is 64.6 Å². The normalized spacial score (nSPS) is 12.7. The molecule has 0 aliphatic carbocycles. The first-order valence-electron chi connectivity index (χ1n) is 12.4. The van der Waals surface area contributed by atoms with Gasteiger partial charge in [0.05, 0.1) is 13.0 Å². The number of aryl methyl sites for hydroxylation is 1. The number of alkyl carbamates (subject to hydrolysis) is 1. The van der Waals surface area contributed by atoms with Gasteiger partial charge in [0.25, 0.3) is 0 Å². The molecule has 0 aliphatic rings. The molecular weight excluding hydrogens is 498 g/mol. The lowest BCUT2D eigenvalue weighted by molar-refractivity contribution is -0.144. The highest BCUT2D eigenvalue weighted by atomic mass is 32.2. The summed E-state index contributed by atoms with van der Waals surface area (Å²) in [6, 6.07) is 2.70. The second-order valence-electron chi connectivity index (χ2n) is 9.40. The van der Waals surface area contributed by atoms with Crippen LogP contribution >= 0.6 is 11.8 Å². The summed E-state index contributed by atoms with van der Waals surface area (Å²) in [5, 5.41) is 15.4. The fourth-order valence-electron chi connectivity index (χ4n) is 3.55. The number of thioether (sulfide) groups is 1. The van der Waals surface area contributed by atoms with E-state index in [1.54, 1.807) is 53.7 Å². The van der Waals surface area contributed by atoms with E-state index in [0.717, 1.165) is 0 Å². The highest BCUT2D eigenvalue weighted by Crippen LogP contribution is 2.27. The number of ether oxygens (including phenoxy) is 2. The number of hydrogen-bond donors (Lipinski definition) is 3. The molecule has 208 valence electrons. The number of hydrogen-bond acceptors (Lipinski definition) is 8. The van der Waals surface area contributed by atoms with Crippen molar-refractivity contribution in [2.24, 2.45) is 0 Å². The van der Waals surface area contributed by atoms with E-state index in [0.29, 0.717) is 23.3 Å². The van der Waals surface area contributed by atoms with Crippen molar-refractivity contribution < 1.29 is 33.8 Å². The van der Waals surface area contributed by atoms with E-state index < -0.39 is 41.6 Å². The van der Waals surface area contributed by atoms with Crippen LogP contribution in [0.15, 0.2) is 18.2 Å². The first kappa shape index (κ1) is 32.1. The first-order chi connectivity index (χ1) is 17.3. The minimum atomic E-state index is -1.06. The maximum atomic E-state index is 13.8. The molecule has 0 saturated heterocycles. The Kier molecular flexibility index (Phi) is 13.3. The first-order valence-corrected chi connectivity index (χ1v) is 13.8. The number of rotatable bonds is 13. The van der Waals surface area contributed by atoms with Gasteiger partial charge in [0.2, 0.25) is 11.8 Å². The van der Waals surface area contributed by atoms with Gasteiger partial charge in [-0.15, -0.1) is 0 Å². The van der Waals surface area contributed by atoms with Crippen LogP contribution in [0, 0.1) is 6.92 Å². The molecule has 0 aromatic heterocycles. The molecule has 1 rings (SSSR count). The Bertz CT molecular complexity index is 933. The highest BCUT2D eigenvalue weighted by molar-refractivity contribution is 7.98. The van der Waals surface area contributed by atoms with Gasteiger partial charge in [-0.2, -0.15) is 11.8 Å². The molecule has 3 N–H and O–H groups in total. The third-order valence-electron chi connectivity index (χ3n) is 5.25. The van der Waals surface area contributed by atoms with Gasteiger partial charge in [-0.05, 0) is 83.2 Å². The molecule has 0 fully saturated rings. The predicted molar refractivity (Wildman–Crippen MR) is 143 cm³/mol. The molecule has 0 saturated carbocycles. The van der Waals surface area contributed by atoms with Crippen LogP contribution < -0.4 is 10.6 Å². The van der Waals surface area contributed by atoms with Crippen molar-refractivity contribution in [2.45, 2.75) is 72.1 Å². The zero-order valence-corrected chi connectivity index (χ0v) is 23.7. The number of esters is 1. The van der Waals surface area contributed by atoms with Gasteiger partial charge in [0.1, 0.15) is 23.4 Å². The van der Waals surface area contributed by atoms with Crippen molar-refractivity contribution in [1.82, 2.24) is 15.5 Å². The number of benzene rings is 1. The fourth-order valence-corrected chi connectivity index (χ4v) is 4.02. The molecule has 3 amide bonds. The average Bonchev–Trinajstić information content (AvgIpc) is 2.80. The third kappa shape index (κ3) is 10.9. The quantitative estimate of drug-likeness (QED) is 0.325. The SMILES string of the molecule is CCOC(=O)CCNC(=O)C(c1ccc(O)c(C)c1)N(CC)C(=O)C(CCSC)NC(=O)OC(C)(C)C. The van der Waals surface area contributed by atoms with Crippen molar-refractivity contribution in [3.8, 4) is 5.75 Å². The summed E-state index contributed by atoms with van der Waals surface area (Å²) in [4.78, 5) is 52.8. The number of phenolic OH excluding ortho intramolecular Hbond substituents is 1. The highest BCUT2D eigenvalue weighted by Gasteiger charge is 2.35. The Morgan fingerprint density at radius 1 is 1.16 bits per heavy atom. The molecule has 10 nitrogen and oxygen atoms in total. The summed E-state index contributed by atoms with van der Waals surface area (Å²) in [5.74, 6) is -0.728. The summed E-state index contributed by atoms with van der Waals surface area (Å²) >= 11 is 1.53. The number of likely N-dealkylation sites (N-methyl/N-ethyl adjacent to an activating group) is 1. The van der Waals surface area contributed by atoms with Gasteiger partial charge in [-0.3, -0.25) is 14.4 Å². The van der Waals surface area contributed by atoms with Crippen molar-refractivity contribution in [3.05, 3.63) is 29.3 Å².